The van der Waals surface area contributed by atoms with Gasteiger partial charge >= 0.3 is 0 Å². The van der Waals surface area contributed by atoms with Gasteiger partial charge in [-0.15, -0.1) is 0 Å². The summed E-state index contributed by atoms with van der Waals surface area (Å²) < 4.78 is 5.95. The van der Waals surface area contributed by atoms with Gasteiger partial charge in [0.1, 0.15) is 11.3 Å². The minimum absolute atomic E-state index is 0.0369. The van der Waals surface area contributed by atoms with Crippen LogP contribution in [0.3, 0.4) is 0 Å². The monoisotopic (exact) mass is 482 g/mol. The van der Waals surface area contributed by atoms with Crippen LogP contribution in [0.4, 0.5) is 0 Å². The molecule has 2 aliphatic carbocycles. The number of Topliss-reactive ketones (excluding diaryl/α,β-unsaturated/α-hetero) is 2. The Morgan fingerprint density at radius 3 is 2.11 bits per heavy atom. The van der Waals surface area contributed by atoms with Gasteiger partial charge in [0, 0.05) is 41.3 Å². The van der Waals surface area contributed by atoms with E-state index in [1.54, 1.807) is 6.07 Å². The Morgan fingerprint density at radius 2 is 1.50 bits per heavy atom. The number of hydrogen-bond acceptors (Lipinski definition) is 6. The zero-order chi connectivity index (χ0) is 25.4. The van der Waals surface area contributed by atoms with E-state index in [1.807, 2.05) is 36.4 Å². The number of nitrogens with one attached hydrogen (secondary N) is 1. The molecular formula is C30H30N2O4. The molecule has 0 fully saturated rings. The highest BCUT2D eigenvalue weighted by Crippen LogP contribution is 2.51. The van der Waals surface area contributed by atoms with Gasteiger partial charge in [-0.3, -0.25) is 9.59 Å². The van der Waals surface area contributed by atoms with Gasteiger partial charge in [0.2, 0.25) is 5.89 Å². The normalized spacial score (nSPS) is 21.4. The average molecular weight is 483 g/mol. The topological polar surface area (TPSA) is 92.4 Å². The summed E-state index contributed by atoms with van der Waals surface area (Å²) in [6.45, 7) is 8.43. The number of carbonyl (C=O) groups is 2. The summed E-state index contributed by atoms with van der Waals surface area (Å²) >= 11 is 0. The standard InChI is InChI=1S/C30H30N2O4/c1-29(2)12-19-26(22(34)14-29)25(27-20(31-19)13-30(3,4)15-23(27)35)16-9-10-21(33)17(11-16)28-32-18-7-5-6-8-24(18)36-28/h5-11,25,31,33H,12-15H2,1-4H3. The van der Waals surface area contributed by atoms with Gasteiger partial charge in [0.25, 0.3) is 0 Å². The number of oxazole rings is 1. The third-order valence-electron chi connectivity index (χ3n) is 7.60. The number of para-hydroxylation sites is 2. The van der Waals surface area contributed by atoms with Crippen LogP contribution in [0.15, 0.2) is 69.4 Å². The molecule has 36 heavy (non-hydrogen) atoms. The van der Waals surface area contributed by atoms with E-state index in [-0.39, 0.29) is 28.1 Å². The van der Waals surface area contributed by atoms with Crippen molar-refractivity contribution >= 4 is 22.7 Å². The molecule has 0 saturated carbocycles. The predicted octanol–water partition coefficient (Wildman–Crippen LogP) is 6.17. The lowest BCUT2D eigenvalue weighted by molar-refractivity contribution is -0.119. The number of benzene rings is 2. The maximum absolute atomic E-state index is 13.6. The fraction of sp³-hybridized carbons (Fsp3) is 0.367. The molecular weight excluding hydrogens is 452 g/mol. The molecule has 2 aromatic carbocycles. The summed E-state index contributed by atoms with van der Waals surface area (Å²) in [5.41, 5.74) is 5.43. The molecule has 0 spiro atoms. The van der Waals surface area contributed by atoms with E-state index in [4.69, 9.17) is 4.42 Å². The molecule has 2 heterocycles. The lowest BCUT2D eigenvalue weighted by Gasteiger charge is -2.44. The molecule has 0 atom stereocenters. The van der Waals surface area contributed by atoms with Gasteiger partial charge in [-0.05, 0) is 53.5 Å². The number of aromatic hydroxyl groups is 1. The van der Waals surface area contributed by atoms with Crippen LogP contribution in [0.5, 0.6) is 5.75 Å². The molecule has 0 saturated heterocycles. The second-order valence-corrected chi connectivity index (χ2v) is 12.0. The molecule has 3 aliphatic rings. The highest BCUT2D eigenvalue weighted by molar-refractivity contribution is 6.07. The van der Waals surface area contributed by atoms with Crippen molar-refractivity contribution < 1.29 is 19.1 Å². The molecule has 6 rings (SSSR count). The maximum atomic E-state index is 13.6. The zero-order valence-electron chi connectivity index (χ0n) is 21.1. The molecule has 184 valence electrons. The van der Waals surface area contributed by atoms with E-state index in [9.17, 15) is 14.7 Å². The molecule has 0 unspecified atom stereocenters. The van der Waals surface area contributed by atoms with Crippen molar-refractivity contribution in [3.63, 3.8) is 0 Å². The number of phenols is 1. The van der Waals surface area contributed by atoms with Gasteiger partial charge in [-0.2, -0.15) is 0 Å². The number of hydrogen-bond donors (Lipinski definition) is 2. The third-order valence-corrected chi connectivity index (χ3v) is 7.60. The lowest BCUT2D eigenvalue weighted by atomic mass is 9.64. The summed E-state index contributed by atoms with van der Waals surface area (Å²) in [5, 5.41) is 14.3. The van der Waals surface area contributed by atoms with Crippen molar-refractivity contribution in [1.29, 1.82) is 0 Å². The van der Waals surface area contributed by atoms with Crippen LogP contribution >= 0.6 is 0 Å². The van der Waals surface area contributed by atoms with E-state index in [1.165, 1.54) is 0 Å². The smallest absolute Gasteiger partial charge is 0.231 e. The highest BCUT2D eigenvalue weighted by atomic mass is 16.3. The summed E-state index contributed by atoms with van der Waals surface area (Å²) in [4.78, 5) is 31.7. The first kappa shape index (κ1) is 22.8. The largest absolute Gasteiger partial charge is 0.507 e. The molecule has 3 aromatic rings. The van der Waals surface area contributed by atoms with Crippen molar-refractivity contribution in [1.82, 2.24) is 10.3 Å². The number of fused-ring (bicyclic) bond motifs is 1. The first-order chi connectivity index (χ1) is 17.0. The Balaban J connectivity index is 1.54. The number of phenolic OH excluding ortho intramolecular Hbond substituents is 1. The van der Waals surface area contributed by atoms with Crippen molar-refractivity contribution in [3.8, 4) is 17.2 Å². The van der Waals surface area contributed by atoms with E-state index in [0.717, 1.165) is 29.8 Å². The van der Waals surface area contributed by atoms with Crippen LogP contribution in [0.2, 0.25) is 0 Å². The van der Waals surface area contributed by atoms with Gasteiger partial charge in [0.05, 0.1) is 5.56 Å². The molecule has 2 N–H and O–H groups in total. The Bertz CT molecular complexity index is 1430. The number of ketones is 2. The van der Waals surface area contributed by atoms with Gasteiger partial charge in [-0.1, -0.05) is 45.9 Å². The Kier molecular flexibility index (Phi) is 4.85. The minimum Gasteiger partial charge on any atom is -0.507 e. The fourth-order valence-electron chi connectivity index (χ4n) is 6.11. The Morgan fingerprint density at radius 1 is 0.889 bits per heavy atom. The van der Waals surface area contributed by atoms with E-state index < -0.39 is 5.92 Å². The van der Waals surface area contributed by atoms with Crippen LogP contribution in [0, 0.1) is 10.8 Å². The third kappa shape index (κ3) is 3.67. The predicted molar refractivity (Wildman–Crippen MR) is 137 cm³/mol. The summed E-state index contributed by atoms with van der Waals surface area (Å²) in [6, 6.07) is 12.7. The number of allylic oxidation sites excluding steroid dienone is 4. The summed E-state index contributed by atoms with van der Waals surface area (Å²) in [6.07, 6.45) is 2.35. The summed E-state index contributed by atoms with van der Waals surface area (Å²) in [7, 11) is 0. The van der Waals surface area contributed by atoms with Crippen molar-refractivity contribution in [3.05, 3.63) is 70.6 Å². The Hall–Kier alpha value is -3.67. The number of dihydropyridines is 1. The molecule has 6 nitrogen and oxygen atoms in total. The number of nitrogens with zero attached hydrogens (tertiary/aromatic N) is 1. The molecule has 1 aromatic heterocycles. The van der Waals surface area contributed by atoms with Crippen molar-refractivity contribution in [2.24, 2.45) is 10.8 Å². The second kappa shape index (κ2) is 7.66. The lowest BCUT2D eigenvalue weighted by Crippen LogP contribution is -2.42. The van der Waals surface area contributed by atoms with Crippen LogP contribution in [-0.4, -0.2) is 21.7 Å². The zero-order valence-corrected chi connectivity index (χ0v) is 21.1. The SMILES string of the molecule is CC1(C)CC(=O)C2=C(C1)NC1=C(C(=O)CC(C)(C)C1)C2c1ccc(O)c(-c2nc3ccccc3o2)c1. The summed E-state index contributed by atoms with van der Waals surface area (Å²) in [5.74, 6) is 0.000901. The first-order valence-corrected chi connectivity index (χ1v) is 12.5. The van der Waals surface area contributed by atoms with Crippen LogP contribution in [0.25, 0.3) is 22.6 Å². The molecule has 0 bridgehead atoms. The molecule has 6 heteroatoms. The maximum Gasteiger partial charge on any atom is 0.231 e. The van der Waals surface area contributed by atoms with E-state index in [0.29, 0.717) is 46.5 Å². The van der Waals surface area contributed by atoms with E-state index >= 15 is 0 Å². The fourth-order valence-corrected chi connectivity index (χ4v) is 6.11. The second-order valence-electron chi connectivity index (χ2n) is 12.0. The van der Waals surface area contributed by atoms with E-state index in [2.05, 4.69) is 38.0 Å². The molecule has 1 aliphatic heterocycles. The first-order valence-electron chi connectivity index (χ1n) is 12.5. The van der Waals surface area contributed by atoms with Crippen LogP contribution in [-0.2, 0) is 9.59 Å². The van der Waals surface area contributed by atoms with Crippen LogP contribution in [0.1, 0.15) is 64.9 Å². The number of aromatic nitrogens is 1. The molecule has 0 amide bonds. The van der Waals surface area contributed by atoms with Crippen molar-refractivity contribution in [2.45, 2.75) is 59.3 Å². The van der Waals surface area contributed by atoms with Crippen molar-refractivity contribution in [2.75, 3.05) is 0 Å². The Labute approximate surface area is 210 Å². The molecule has 0 radical (unpaired) electrons. The van der Waals surface area contributed by atoms with Gasteiger partial charge in [0.15, 0.2) is 17.1 Å². The van der Waals surface area contributed by atoms with Gasteiger partial charge in [-0.25, -0.2) is 4.98 Å². The average Bonchev–Trinajstić information content (AvgIpc) is 3.20. The number of carbonyl (C=O) groups excluding carboxylic acids is 2. The van der Waals surface area contributed by atoms with Gasteiger partial charge < -0.3 is 14.8 Å². The highest BCUT2D eigenvalue weighted by Gasteiger charge is 2.46. The minimum atomic E-state index is -0.479. The quantitative estimate of drug-likeness (QED) is 0.454. The number of rotatable bonds is 2. The van der Waals surface area contributed by atoms with Crippen LogP contribution < -0.4 is 5.32 Å².